The van der Waals surface area contributed by atoms with E-state index in [1.54, 1.807) is 0 Å². The van der Waals surface area contributed by atoms with Gasteiger partial charge in [-0.2, -0.15) is 0 Å². The van der Waals surface area contributed by atoms with Crippen LogP contribution in [0, 0.1) is 0 Å². The van der Waals surface area contributed by atoms with E-state index in [0.717, 1.165) is 0 Å². The van der Waals surface area contributed by atoms with Crippen molar-refractivity contribution in [2.45, 2.75) is 122 Å². The quantitative estimate of drug-likeness (QED) is 0.172. The van der Waals surface area contributed by atoms with E-state index in [1.807, 2.05) is 11.3 Å². The van der Waals surface area contributed by atoms with Crippen LogP contribution in [0.15, 0.2) is 115 Å². The molecular weight excluding hydrogens is 804 g/mol. The summed E-state index contributed by atoms with van der Waals surface area (Å²) in [4.78, 5) is 6.75. The number of anilines is 3. The van der Waals surface area contributed by atoms with Crippen molar-refractivity contribution in [2.24, 2.45) is 0 Å². The Morgan fingerprint density at radius 1 is 0.523 bits per heavy atom. The summed E-state index contributed by atoms with van der Waals surface area (Å²) in [7, 11) is 2.59. The van der Waals surface area contributed by atoms with E-state index in [0.29, 0.717) is 0 Å². The van der Waals surface area contributed by atoms with Gasteiger partial charge in [0.2, 0.25) is 7.28 Å². The molecule has 13 rings (SSSR count). The second-order valence-corrected chi connectivity index (χ2v) is 24.4. The number of hydrogen-bond donors (Lipinski definition) is 1. The first-order valence-corrected chi connectivity index (χ1v) is 24.9. The van der Waals surface area contributed by atoms with Crippen LogP contribution >= 0.6 is 11.3 Å². The van der Waals surface area contributed by atoms with Crippen LogP contribution in [-0.2, 0) is 27.1 Å². The Morgan fingerprint density at radius 3 is 1.89 bits per heavy atom. The molecule has 1 radical (unpaired) electrons. The molecule has 3 heterocycles. The van der Waals surface area contributed by atoms with Gasteiger partial charge in [0.25, 0.3) is 0 Å². The van der Waals surface area contributed by atoms with Crippen molar-refractivity contribution in [3.05, 3.63) is 149 Å². The van der Waals surface area contributed by atoms with Gasteiger partial charge in [-0.15, -0.1) is 11.3 Å². The minimum absolute atomic E-state index is 0.0714. The lowest BCUT2D eigenvalue weighted by atomic mass is 9.59. The Balaban J connectivity index is 1.16. The number of aromatic amines is 1. The van der Waals surface area contributed by atoms with Crippen molar-refractivity contribution >= 4 is 88.6 Å². The van der Waals surface area contributed by atoms with Crippen LogP contribution in [0.3, 0.4) is 0 Å². The number of thiophene rings is 1. The number of nitrogens with one attached hydrogen (secondary N) is 1. The molecule has 0 bridgehead atoms. The van der Waals surface area contributed by atoms with Crippen LogP contribution in [0.5, 0.6) is 0 Å². The van der Waals surface area contributed by atoms with Gasteiger partial charge in [-0.1, -0.05) is 142 Å². The molecule has 7 aromatic carbocycles. The molecule has 0 unspecified atom stereocenters. The van der Waals surface area contributed by atoms with E-state index in [1.165, 1.54) is 151 Å². The third-order valence-corrected chi connectivity index (χ3v) is 18.2. The number of hydrogen-bond acceptors (Lipinski definition) is 2. The predicted molar refractivity (Wildman–Crippen MR) is 282 cm³/mol. The van der Waals surface area contributed by atoms with Crippen LogP contribution in [0.4, 0.5) is 17.1 Å². The summed E-state index contributed by atoms with van der Waals surface area (Å²) in [6.07, 6.45) is 4.78. The van der Waals surface area contributed by atoms with Gasteiger partial charge >= 0.3 is 0 Å². The molecular formula is C61H58BN2S. The highest BCUT2D eigenvalue weighted by Gasteiger charge is 2.44. The zero-order valence-electron chi connectivity index (χ0n) is 39.7. The molecule has 0 atom stereocenters. The molecule has 0 saturated carbocycles. The second-order valence-electron chi connectivity index (χ2n) is 23.3. The molecule has 321 valence electrons. The number of benzene rings is 7. The monoisotopic (exact) mass is 861 g/mol. The summed E-state index contributed by atoms with van der Waals surface area (Å²) in [5.41, 5.74) is 21.9. The van der Waals surface area contributed by atoms with Crippen molar-refractivity contribution < 1.29 is 0 Å². The summed E-state index contributed by atoms with van der Waals surface area (Å²) in [5.74, 6) is 0. The van der Waals surface area contributed by atoms with E-state index < -0.39 is 0 Å². The molecule has 2 aromatic heterocycles. The van der Waals surface area contributed by atoms with Gasteiger partial charge in [-0.05, 0) is 161 Å². The van der Waals surface area contributed by atoms with Gasteiger partial charge in [0.05, 0.1) is 11.2 Å². The Labute approximate surface area is 389 Å². The van der Waals surface area contributed by atoms with Crippen LogP contribution in [0.25, 0.3) is 64.9 Å². The minimum Gasteiger partial charge on any atom is -0.354 e. The number of aromatic nitrogens is 1. The summed E-state index contributed by atoms with van der Waals surface area (Å²) >= 11 is 1.99. The molecule has 9 aromatic rings. The van der Waals surface area contributed by atoms with Gasteiger partial charge in [-0.25, -0.2) is 0 Å². The Morgan fingerprint density at radius 2 is 1.15 bits per heavy atom. The molecule has 3 aliphatic carbocycles. The maximum absolute atomic E-state index is 4.04. The lowest BCUT2D eigenvalue weighted by Gasteiger charge is -2.43. The van der Waals surface area contributed by atoms with Gasteiger partial charge in [0.15, 0.2) is 0 Å². The largest absolute Gasteiger partial charge is 0.354 e. The van der Waals surface area contributed by atoms with Crippen molar-refractivity contribution in [1.29, 1.82) is 0 Å². The first-order chi connectivity index (χ1) is 30.9. The fourth-order valence-electron chi connectivity index (χ4n) is 13.1. The standard InChI is InChI=1S/C61H58BN2S/c1-57(2)24-25-58(3,4)45-30-36(22-23-44(45)57)64-49-32-41-37-18-13-14-21-43(37)61(9,10)52(41)51(39-20-15-19-38-40-28-34-16-11-12-17-35(34)29-48(40)63-54(38)39)53(49)62-56-55(64)42-31-46-47(33-50(42)65-56)60(7,8)27-26-59(46,5)6/h11-23,28-33,63H,24-27H2,1-10H3. The number of fused-ring (bicyclic) bond motifs is 13. The highest BCUT2D eigenvalue weighted by atomic mass is 32.1. The van der Waals surface area contributed by atoms with Crippen molar-refractivity contribution in [3.8, 4) is 22.3 Å². The minimum atomic E-state index is -0.226. The summed E-state index contributed by atoms with van der Waals surface area (Å²) in [6, 6.07) is 45.1. The van der Waals surface area contributed by atoms with Crippen molar-refractivity contribution in [1.82, 2.24) is 4.98 Å². The number of nitrogens with zero attached hydrogens (tertiary/aromatic N) is 1. The van der Waals surface area contributed by atoms with E-state index in [-0.39, 0.29) is 27.1 Å². The maximum Gasteiger partial charge on any atom is 0.211 e. The molecule has 4 heteroatoms. The normalized spacial score (nSPS) is 19.1. The molecule has 2 nitrogen and oxygen atoms in total. The van der Waals surface area contributed by atoms with E-state index in [4.69, 9.17) is 0 Å². The molecule has 1 aliphatic heterocycles. The van der Waals surface area contributed by atoms with E-state index in [2.05, 4.69) is 202 Å². The number of rotatable bonds is 2. The van der Waals surface area contributed by atoms with Gasteiger partial charge in [-0.3, -0.25) is 0 Å². The molecule has 0 fully saturated rings. The fraction of sp³-hybridized carbons (Fsp3) is 0.311. The average molecular weight is 862 g/mol. The molecule has 0 saturated heterocycles. The first-order valence-electron chi connectivity index (χ1n) is 24.1. The zero-order chi connectivity index (χ0) is 44.7. The third kappa shape index (κ3) is 5.41. The smallest absolute Gasteiger partial charge is 0.211 e. The fourth-order valence-corrected chi connectivity index (χ4v) is 14.3. The van der Waals surface area contributed by atoms with Crippen LogP contribution < -0.4 is 15.1 Å². The van der Waals surface area contributed by atoms with Crippen molar-refractivity contribution in [3.63, 3.8) is 0 Å². The average Bonchev–Trinajstić information content (AvgIpc) is 3.90. The summed E-state index contributed by atoms with van der Waals surface area (Å²) in [5, 5.41) is 6.45. The number of H-pyrrole nitrogens is 1. The Bertz CT molecular complexity index is 3570. The summed E-state index contributed by atoms with van der Waals surface area (Å²) in [6.45, 7) is 24.6. The first kappa shape index (κ1) is 39.8. The molecule has 1 N–H and O–H groups in total. The van der Waals surface area contributed by atoms with Gasteiger partial charge < -0.3 is 9.88 Å². The highest BCUT2D eigenvalue weighted by Crippen LogP contribution is 2.57. The lowest BCUT2D eigenvalue weighted by Crippen LogP contribution is -2.40. The molecule has 0 amide bonds. The predicted octanol–water partition coefficient (Wildman–Crippen LogP) is 15.8. The van der Waals surface area contributed by atoms with Crippen LogP contribution in [-0.4, -0.2) is 12.3 Å². The topological polar surface area (TPSA) is 19.0 Å². The third-order valence-electron chi connectivity index (χ3n) is 17.1. The van der Waals surface area contributed by atoms with Gasteiger partial charge in [0, 0.05) is 48.7 Å². The molecule has 65 heavy (non-hydrogen) atoms. The van der Waals surface area contributed by atoms with Crippen molar-refractivity contribution in [2.75, 3.05) is 4.90 Å². The number of para-hydroxylation sites is 1. The van der Waals surface area contributed by atoms with E-state index >= 15 is 0 Å². The highest BCUT2D eigenvalue weighted by molar-refractivity contribution is 7.29. The SMILES string of the molecule is CC1(C)CCC(C)(C)c2cc(N3c4cc5c(c(-c6cccc7c6[nH]c6cc8ccccc8cc67)c4[B]c4sc6cc7c(cc6c43)C(C)(C)CCC7(C)C)C(C)(C)c3ccccc3-5)ccc21. The molecule has 4 aliphatic rings. The van der Waals surface area contributed by atoms with Gasteiger partial charge in [0.1, 0.15) is 0 Å². The lowest BCUT2D eigenvalue weighted by molar-refractivity contribution is 0.332. The van der Waals surface area contributed by atoms with Crippen LogP contribution in [0.1, 0.15) is 128 Å². The Kier molecular flexibility index (Phi) is 7.86. The molecule has 0 spiro atoms. The van der Waals surface area contributed by atoms with E-state index in [9.17, 15) is 0 Å². The zero-order valence-corrected chi connectivity index (χ0v) is 40.5. The second kappa shape index (κ2) is 12.9. The Hall–Kier alpha value is -5.58. The summed E-state index contributed by atoms with van der Waals surface area (Å²) < 4.78 is 2.73. The van der Waals surface area contributed by atoms with Crippen LogP contribution in [0.2, 0.25) is 0 Å². The maximum atomic E-state index is 4.04.